The summed E-state index contributed by atoms with van der Waals surface area (Å²) in [6.45, 7) is 5.68. The number of aromatic nitrogens is 2. The van der Waals surface area contributed by atoms with Crippen LogP contribution in [0.2, 0.25) is 0 Å². The van der Waals surface area contributed by atoms with Crippen molar-refractivity contribution in [1.82, 2.24) is 9.97 Å². The van der Waals surface area contributed by atoms with Crippen LogP contribution in [-0.4, -0.2) is 28.0 Å². The summed E-state index contributed by atoms with van der Waals surface area (Å²) < 4.78 is 5.28. The largest absolute Gasteiger partial charge is 0.495 e. The summed E-state index contributed by atoms with van der Waals surface area (Å²) in [5.74, 6) is 0.855. The topological polar surface area (TPSA) is 102 Å². The molecule has 0 aliphatic heterocycles. The van der Waals surface area contributed by atoms with Gasteiger partial charge in [0.2, 0.25) is 11.6 Å². The van der Waals surface area contributed by atoms with E-state index in [-0.39, 0.29) is 23.4 Å². The van der Waals surface area contributed by atoms with Gasteiger partial charge in [-0.1, -0.05) is 6.07 Å². The van der Waals surface area contributed by atoms with E-state index in [2.05, 4.69) is 20.6 Å². The molecule has 0 radical (unpaired) electrons. The van der Waals surface area contributed by atoms with Crippen LogP contribution in [0.5, 0.6) is 5.75 Å². The number of nitrogens with zero attached hydrogens (tertiary/aromatic N) is 3. The van der Waals surface area contributed by atoms with Crippen LogP contribution in [-0.2, 0) is 0 Å². The summed E-state index contributed by atoms with van der Waals surface area (Å²) in [6.07, 6.45) is 1.28. The van der Waals surface area contributed by atoms with E-state index in [9.17, 15) is 10.1 Å². The van der Waals surface area contributed by atoms with Crippen molar-refractivity contribution in [2.45, 2.75) is 26.8 Å². The highest BCUT2D eigenvalue weighted by atomic mass is 16.6. The quantitative estimate of drug-likeness (QED) is 0.622. The highest BCUT2D eigenvalue weighted by molar-refractivity contribution is 5.76. The van der Waals surface area contributed by atoms with Crippen LogP contribution in [0.1, 0.15) is 19.4 Å². The fourth-order valence-electron chi connectivity index (χ4n) is 2.07. The van der Waals surface area contributed by atoms with Crippen LogP contribution < -0.4 is 15.4 Å². The predicted octanol–water partition coefficient (Wildman–Crippen LogP) is 3.27. The molecule has 0 aliphatic carbocycles. The second-order valence-electron chi connectivity index (χ2n) is 5.30. The summed E-state index contributed by atoms with van der Waals surface area (Å²) in [6, 6.07) is 5.52. The minimum absolute atomic E-state index is 0.00459. The number of hydrogen-bond donors (Lipinski definition) is 2. The first-order valence-corrected chi connectivity index (χ1v) is 7.10. The molecule has 0 atom stereocenters. The molecule has 0 unspecified atom stereocenters. The van der Waals surface area contributed by atoms with Crippen molar-refractivity contribution in [3.8, 4) is 5.75 Å². The summed E-state index contributed by atoms with van der Waals surface area (Å²) in [5.41, 5.74) is 1.39. The Kier molecular flexibility index (Phi) is 4.95. The number of ether oxygens (including phenoxy) is 1. The van der Waals surface area contributed by atoms with Crippen molar-refractivity contribution in [2.75, 3.05) is 17.7 Å². The molecule has 1 aromatic carbocycles. The maximum atomic E-state index is 11.5. The first-order chi connectivity index (χ1) is 10.9. The molecule has 1 heterocycles. The fraction of sp³-hybridized carbons (Fsp3) is 0.333. The van der Waals surface area contributed by atoms with Gasteiger partial charge in [-0.3, -0.25) is 10.1 Å². The van der Waals surface area contributed by atoms with Gasteiger partial charge in [-0.15, -0.1) is 0 Å². The summed E-state index contributed by atoms with van der Waals surface area (Å²) in [5, 5.41) is 17.4. The third-order valence-corrected chi connectivity index (χ3v) is 3.04. The second-order valence-corrected chi connectivity index (χ2v) is 5.30. The van der Waals surface area contributed by atoms with Crippen molar-refractivity contribution >= 4 is 23.0 Å². The summed E-state index contributed by atoms with van der Waals surface area (Å²) in [7, 11) is 1.54. The van der Waals surface area contributed by atoms with E-state index in [0.29, 0.717) is 11.4 Å². The number of anilines is 3. The molecule has 0 saturated heterocycles. The molecule has 1 aromatic heterocycles. The van der Waals surface area contributed by atoms with Gasteiger partial charge in [0, 0.05) is 6.04 Å². The summed E-state index contributed by atoms with van der Waals surface area (Å²) >= 11 is 0. The molecule has 2 N–H and O–H groups in total. The molecular formula is C15H19N5O3. The average molecular weight is 317 g/mol. The SMILES string of the molecule is COc1ccc(C)cc1Nc1ncnc(NC(C)C)c1[N+](=O)[O-]. The number of aryl methyl sites for hydroxylation is 1. The molecule has 0 saturated carbocycles. The maximum Gasteiger partial charge on any atom is 0.353 e. The minimum atomic E-state index is -0.505. The lowest BCUT2D eigenvalue weighted by atomic mass is 10.2. The number of rotatable bonds is 6. The third kappa shape index (κ3) is 3.85. The highest BCUT2D eigenvalue weighted by Gasteiger charge is 2.24. The van der Waals surface area contributed by atoms with E-state index in [0.717, 1.165) is 5.56 Å². The molecule has 0 amide bonds. The van der Waals surface area contributed by atoms with Crippen molar-refractivity contribution in [3.05, 3.63) is 40.2 Å². The number of methoxy groups -OCH3 is 1. The lowest BCUT2D eigenvalue weighted by Gasteiger charge is -2.14. The Labute approximate surface area is 134 Å². The van der Waals surface area contributed by atoms with E-state index in [1.54, 1.807) is 6.07 Å². The highest BCUT2D eigenvalue weighted by Crippen LogP contribution is 2.34. The zero-order valence-corrected chi connectivity index (χ0v) is 13.5. The monoisotopic (exact) mass is 317 g/mol. The van der Waals surface area contributed by atoms with Gasteiger partial charge in [0.25, 0.3) is 0 Å². The van der Waals surface area contributed by atoms with Crippen LogP contribution in [0.4, 0.5) is 23.0 Å². The van der Waals surface area contributed by atoms with Gasteiger partial charge in [-0.25, -0.2) is 9.97 Å². The van der Waals surface area contributed by atoms with Crippen LogP contribution in [0.25, 0.3) is 0 Å². The van der Waals surface area contributed by atoms with Crippen molar-refractivity contribution in [3.63, 3.8) is 0 Å². The van der Waals surface area contributed by atoms with Gasteiger partial charge < -0.3 is 15.4 Å². The molecule has 8 nitrogen and oxygen atoms in total. The molecule has 122 valence electrons. The van der Waals surface area contributed by atoms with Crippen LogP contribution >= 0.6 is 0 Å². The molecule has 8 heteroatoms. The Morgan fingerprint density at radius 2 is 1.96 bits per heavy atom. The van der Waals surface area contributed by atoms with Gasteiger partial charge in [0.05, 0.1) is 17.7 Å². The third-order valence-electron chi connectivity index (χ3n) is 3.04. The van der Waals surface area contributed by atoms with Gasteiger partial charge in [0.15, 0.2) is 0 Å². The molecule has 2 aromatic rings. The molecule has 23 heavy (non-hydrogen) atoms. The van der Waals surface area contributed by atoms with E-state index >= 15 is 0 Å². The first-order valence-electron chi connectivity index (χ1n) is 7.10. The number of nitrogens with one attached hydrogen (secondary N) is 2. The Hall–Kier alpha value is -2.90. The maximum absolute atomic E-state index is 11.5. The molecule has 0 spiro atoms. The standard InChI is InChI=1S/C15H19N5O3/c1-9(2)18-14-13(20(21)22)15(17-8-16-14)19-11-7-10(3)5-6-12(11)23-4/h5-9H,1-4H3,(H2,16,17,18,19). The molecule has 2 rings (SSSR count). The average Bonchev–Trinajstić information content (AvgIpc) is 2.46. The number of nitro groups is 1. The van der Waals surface area contributed by atoms with Gasteiger partial charge in [-0.05, 0) is 38.5 Å². The Balaban J connectivity index is 2.48. The summed E-state index contributed by atoms with van der Waals surface area (Å²) in [4.78, 5) is 18.9. The van der Waals surface area contributed by atoms with E-state index in [1.807, 2.05) is 32.9 Å². The fourth-order valence-corrected chi connectivity index (χ4v) is 2.07. The van der Waals surface area contributed by atoms with Gasteiger partial charge in [-0.2, -0.15) is 0 Å². The predicted molar refractivity (Wildman–Crippen MR) is 88.5 cm³/mol. The zero-order chi connectivity index (χ0) is 17.0. The molecule has 0 aliphatic rings. The smallest absolute Gasteiger partial charge is 0.353 e. The van der Waals surface area contributed by atoms with Crippen LogP contribution in [0, 0.1) is 17.0 Å². The lowest BCUT2D eigenvalue weighted by molar-refractivity contribution is -0.383. The molecule has 0 fully saturated rings. The lowest BCUT2D eigenvalue weighted by Crippen LogP contribution is -2.14. The van der Waals surface area contributed by atoms with Crippen molar-refractivity contribution < 1.29 is 9.66 Å². The minimum Gasteiger partial charge on any atom is -0.495 e. The molecular weight excluding hydrogens is 298 g/mol. The van der Waals surface area contributed by atoms with Crippen molar-refractivity contribution in [1.29, 1.82) is 0 Å². The van der Waals surface area contributed by atoms with E-state index in [1.165, 1.54) is 13.4 Å². The van der Waals surface area contributed by atoms with Crippen LogP contribution in [0.3, 0.4) is 0 Å². The zero-order valence-electron chi connectivity index (χ0n) is 13.5. The first kappa shape index (κ1) is 16.5. The Bertz CT molecular complexity index is 718. The Morgan fingerprint density at radius 3 is 2.57 bits per heavy atom. The number of benzene rings is 1. The van der Waals surface area contributed by atoms with Crippen molar-refractivity contribution in [2.24, 2.45) is 0 Å². The number of hydrogen-bond acceptors (Lipinski definition) is 7. The Morgan fingerprint density at radius 1 is 1.26 bits per heavy atom. The molecule has 0 bridgehead atoms. The normalized spacial score (nSPS) is 10.5. The van der Waals surface area contributed by atoms with E-state index in [4.69, 9.17) is 4.74 Å². The van der Waals surface area contributed by atoms with E-state index < -0.39 is 4.92 Å². The second kappa shape index (κ2) is 6.91. The van der Waals surface area contributed by atoms with Crippen LogP contribution in [0.15, 0.2) is 24.5 Å². The van der Waals surface area contributed by atoms with Gasteiger partial charge in [0.1, 0.15) is 12.1 Å². The van der Waals surface area contributed by atoms with Gasteiger partial charge >= 0.3 is 5.69 Å².